The SMILES string of the molecule is COc1cc(/C=C/C(=O)c2ccc(O)cc2)ccc1OCC(=O)Nc1ccc(C)cc1. The van der Waals surface area contributed by atoms with Crippen LogP contribution in [0.4, 0.5) is 5.69 Å². The highest BCUT2D eigenvalue weighted by molar-refractivity contribution is 6.06. The Morgan fingerprint density at radius 3 is 2.35 bits per heavy atom. The number of carbonyl (C=O) groups is 2. The Morgan fingerprint density at radius 1 is 0.968 bits per heavy atom. The number of ketones is 1. The number of anilines is 1. The van der Waals surface area contributed by atoms with Gasteiger partial charge in [0.15, 0.2) is 23.9 Å². The summed E-state index contributed by atoms with van der Waals surface area (Å²) in [4.78, 5) is 24.4. The molecule has 0 atom stereocenters. The van der Waals surface area contributed by atoms with Crippen molar-refractivity contribution in [1.29, 1.82) is 0 Å². The highest BCUT2D eigenvalue weighted by atomic mass is 16.5. The van der Waals surface area contributed by atoms with Gasteiger partial charge in [-0.15, -0.1) is 0 Å². The van der Waals surface area contributed by atoms with Crippen LogP contribution in [0.2, 0.25) is 0 Å². The molecule has 3 aromatic rings. The van der Waals surface area contributed by atoms with Gasteiger partial charge in [0, 0.05) is 11.3 Å². The number of hydrogen-bond acceptors (Lipinski definition) is 5. The van der Waals surface area contributed by atoms with Crippen LogP contribution >= 0.6 is 0 Å². The number of ether oxygens (including phenoxy) is 2. The molecule has 0 unspecified atom stereocenters. The average Bonchev–Trinajstić information content (AvgIpc) is 2.78. The van der Waals surface area contributed by atoms with E-state index in [9.17, 15) is 14.7 Å². The molecule has 0 radical (unpaired) electrons. The number of methoxy groups -OCH3 is 1. The van der Waals surface area contributed by atoms with Crippen LogP contribution in [0.5, 0.6) is 17.2 Å². The van der Waals surface area contributed by atoms with Gasteiger partial charge in [-0.3, -0.25) is 9.59 Å². The molecule has 3 rings (SSSR count). The third-order valence-corrected chi connectivity index (χ3v) is 4.46. The number of aryl methyl sites for hydroxylation is 1. The monoisotopic (exact) mass is 417 g/mol. The lowest BCUT2D eigenvalue weighted by Gasteiger charge is -2.11. The van der Waals surface area contributed by atoms with E-state index in [2.05, 4.69) is 5.32 Å². The Kier molecular flexibility index (Phi) is 7.06. The maximum atomic E-state index is 12.2. The molecule has 1 amide bonds. The summed E-state index contributed by atoms with van der Waals surface area (Å²) in [5.74, 6) is 0.501. The smallest absolute Gasteiger partial charge is 0.262 e. The minimum absolute atomic E-state index is 0.105. The van der Waals surface area contributed by atoms with Gasteiger partial charge in [-0.2, -0.15) is 0 Å². The van der Waals surface area contributed by atoms with Crippen molar-refractivity contribution in [3.8, 4) is 17.2 Å². The first-order valence-electron chi connectivity index (χ1n) is 9.63. The zero-order valence-corrected chi connectivity index (χ0v) is 17.3. The number of aromatic hydroxyl groups is 1. The lowest BCUT2D eigenvalue weighted by atomic mass is 10.1. The fraction of sp³-hybridized carbons (Fsp3) is 0.120. The number of phenols is 1. The van der Waals surface area contributed by atoms with Gasteiger partial charge >= 0.3 is 0 Å². The van der Waals surface area contributed by atoms with E-state index in [1.807, 2.05) is 31.2 Å². The molecule has 0 saturated heterocycles. The second-order valence-electron chi connectivity index (χ2n) is 6.86. The Balaban J connectivity index is 1.61. The Hall–Kier alpha value is -4.06. The largest absolute Gasteiger partial charge is 0.508 e. The summed E-state index contributed by atoms with van der Waals surface area (Å²) in [5, 5.41) is 12.1. The molecule has 31 heavy (non-hydrogen) atoms. The zero-order valence-electron chi connectivity index (χ0n) is 17.3. The molecule has 158 valence electrons. The number of phenolic OH excluding ortho intramolecular Hbond substituents is 1. The van der Waals surface area contributed by atoms with Crippen molar-refractivity contribution in [2.75, 3.05) is 19.0 Å². The van der Waals surface area contributed by atoms with Gasteiger partial charge in [0.25, 0.3) is 5.91 Å². The van der Waals surface area contributed by atoms with E-state index in [0.717, 1.165) is 11.1 Å². The lowest BCUT2D eigenvalue weighted by Crippen LogP contribution is -2.20. The summed E-state index contributed by atoms with van der Waals surface area (Å²) in [6.07, 6.45) is 3.10. The van der Waals surface area contributed by atoms with Crippen molar-refractivity contribution in [2.24, 2.45) is 0 Å². The molecule has 0 bridgehead atoms. The van der Waals surface area contributed by atoms with E-state index in [4.69, 9.17) is 9.47 Å². The minimum Gasteiger partial charge on any atom is -0.508 e. The highest BCUT2D eigenvalue weighted by Crippen LogP contribution is 2.28. The Bertz CT molecular complexity index is 1090. The van der Waals surface area contributed by atoms with Crippen molar-refractivity contribution in [1.82, 2.24) is 0 Å². The molecule has 0 aliphatic carbocycles. The van der Waals surface area contributed by atoms with Crippen molar-refractivity contribution in [3.63, 3.8) is 0 Å². The highest BCUT2D eigenvalue weighted by Gasteiger charge is 2.09. The van der Waals surface area contributed by atoms with Crippen LogP contribution in [0.15, 0.2) is 72.8 Å². The molecule has 6 nitrogen and oxygen atoms in total. The van der Waals surface area contributed by atoms with Gasteiger partial charge < -0.3 is 19.9 Å². The fourth-order valence-electron chi connectivity index (χ4n) is 2.78. The number of hydrogen-bond donors (Lipinski definition) is 2. The van der Waals surface area contributed by atoms with Gasteiger partial charge in [0.1, 0.15) is 5.75 Å². The molecule has 6 heteroatoms. The van der Waals surface area contributed by atoms with Crippen molar-refractivity contribution < 1.29 is 24.2 Å². The van der Waals surface area contributed by atoms with Gasteiger partial charge in [-0.05, 0) is 67.1 Å². The van der Waals surface area contributed by atoms with E-state index < -0.39 is 0 Å². The summed E-state index contributed by atoms with van der Waals surface area (Å²) >= 11 is 0. The predicted molar refractivity (Wildman–Crippen MR) is 120 cm³/mol. The van der Waals surface area contributed by atoms with Crippen molar-refractivity contribution in [2.45, 2.75) is 6.92 Å². The van der Waals surface area contributed by atoms with Crippen molar-refractivity contribution >= 4 is 23.5 Å². The van der Waals surface area contributed by atoms with E-state index in [0.29, 0.717) is 22.7 Å². The number of nitrogens with one attached hydrogen (secondary N) is 1. The second kappa shape index (κ2) is 10.1. The topological polar surface area (TPSA) is 84.9 Å². The first-order valence-corrected chi connectivity index (χ1v) is 9.63. The summed E-state index contributed by atoms with van der Waals surface area (Å²) in [6.45, 7) is 1.81. The summed E-state index contributed by atoms with van der Waals surface area (Å²) in [5.41, 5.74) is 3.02. The van der Waals surface area contributed by atoms with E-state index in [1.165, 1.54) is 25.3 Å². The molecular formula is C25H23NO5. The molecule has 3 aromatic carbocycles. The number of allylic oxidation sites excluding steroid dienone is 1. The predicted octanol–water partition coefficient (Wildman–Crippen LogP) is 4.62. The molecule has 0 fully saturated rings. The lowest BCUT2D eigenvalue weighted by molar-refractivity contribution is -0.118. The van der Waals surface area contributed by atoms with E-state index >= 15 is 0 Å². The molecule has 0 heterocycles. The molecule has 0 aliphatic heterocycles. The first kappa shape index (κ1) is 21.6. The first-order chi connectivity index (χ1) is 14.9. The molecule has 0 aliphatic rings. The molecule has 0 aromatic heterocycles. The fourth-order valence-corrected chi connectivity index (χ4v) is 2.78. The summed E-state index contributed by atoms with van der Waals surface area (Å²) < 4.78 is 10.9. The van der Waals surface area contributed by atoms with Crippen LogP contribution < -0.4 is 14.8 Å². The van der Waals surface area contributed by atoms with Crippen LogP contribution in [0.3, 0.4) is 0 Å². The normalized spacial score (nSPS) is 10.6. The van der Waals surface area contributed by atoms with E-state index in [1.54, 1.807) is 36.4 Å². The second-order valence-corrected chi connectivity index (χ2v) is 6.86. The molecular weight excluding hydrogens is 394 g/mol. The van der Waals surface area contributed by atoms with Crippen LogP contribution in [0.1, 0.15) is 21.5 Å². The van der Waals surface area contributed by atoms with Crippen molar-refractivity contribution in [3.05, 3.63) is 89.5 Å². The summed E-state index contributed by atoms with van der Waals surface area (Å²) in [6, 6.07) is 18.7. The van der Waals surface area contributed by atoms with Crippen LogP contribution in [0, 0.1) is 6.92 Å². The van der Waals surface area contributed by atoms with Gasteiger partial charge in [-0.25, -0.2) is 0 Å². The number of rotatable bonds is 8. The maximum absolute atomic E-state index is 12.2. The third kappa shape index (κ3) is 6.21. The third-order valence-electron chi connectivity index (χ3n) is 4.46. The molecule has 0 saturated carbocycles. The average molecular weight is 417 g/mol. The van der Waals surface area contributed by atoms with Crippen LogP contribution in [-0.4, -0.2) is 30.5 Å². The zero-order chi connectivity index (χ0) is 22.2. The summed E-state index contributed by atoms with van der Waals surface area (Å²) in [7, 11) is 1.50. The number of benzene rings is 3. The number of amides is 1. The van der Waals surface area contributed by atoms with Gasteiger partial charge in [-0.1, -0.05) is 29.8 Å². The molecule has 2 N–H and O–H groups in total. The maximum Gasteiger partial charge on any atom is 0.262 e. The number of carbonyl (C=O) groups excluding carboxylic acids is 2. The standard InChI is InChI=1S/C25H23NO5/c1-17-3-9-20(10-4-17)26-25(29)16-31-23-14-6-18(15-24(23)30-2)5-13-22(28)19-7-11-21(27)12-8-19/h3-15,27H,16H2,1-2H3,(H,26,29)/b13-5+. The van der Waals surface area contributed by atoms with Crippen LogP contribution in [0.25, 0.3) is 6.08 Å². The molecule has 0 spiro atoms. The van der Waals surface area contributed by atoms with Crippen LogP contribution in [-0.2, 0) is 4.79 Å². The Labute approximate surface area is 180 Å². The van der Waals surface area contributed by atoms with Gasteiger partial charge in [0.05, 0.1) is 7.11 Å². The quantitative estimate of drug-likeness (QED) is 0.413. The Morgan fingerprint density at radius 2 is 1.68 bits per heavy atom. The van der Waals surface area contributed by atoms with Gasteiger partial charge in [0.2, 0.25) is 0 Å². The van der Waals surface area contributed by atoms with E-state index in [-0.39, 0.29) is 24.0 Å². The minimum atomic E-state index is -0.283.